The topological polar surface area (TPSA) is 16.4 Å². The van der Waals surface area contributed by atoms with E-state index < -0.39 is 0 Å². The highest BCUT2D eigenvalue weighted by Gasteiger charge is 2.20. The largest absolute Gasteiger partial charge is 0.455 e. The van der Waals surface area contributed by atoms with Crippen LogP contribution < -0.4 is 4.90 Å². The van der Waals surface area contributed by atoms with Crippen LogP contribution in [0.1, 0.15) is 0 Å². The molecule has 0 aliphatic carbocycles. The zero-order valence-electron chi connectivity index (χ0n) is 27.3. The van der Waals surface area contributed by atoms with Crippen molar-refractivity contribution >= 4 is 71.3 Å². The second-order valence-electron chi connectivity index (χ2n) is 12.9. The van der Waals surface area contributed by atoms with Gasteiger partial charge in [0.2, 0.25) is 0 Å². The summed E-state index contributed by atoms with van der Waals surface area (Å²) in [6.07, 6.45) is 0. The molecule has 2 heteroatoms. The fourth-order valence-electron chi connectivity index (χ4n) is 7.57. The number of rotatable bonds is 5. The minimum Gasteiger partial charge on any atom is -0.455 e. The van der Waals surface area contributed by atoms with E-state index in [2.05, 4.69) is 181 Å². The minimum atomic E-state index is 0.912. The highest BCUT2D eigenvalue weighted by Crippen LogP contribution is 2.45. The average Bonchev–Trinajstić information content (AvgIpc) is 3.58. The molecule has 10 aromatic rings. The van der Waals surface area contributed by atoms with Crippen molar-refractivity contribution < 1.29 is 4.42 Å². The predicted octanol–water partition coefficient (Wildman–Crippen LogP) is 13.8. The van der Waals surface area contributed by atoms with E-state index in [0.717, 1.165) is 60.9 Å². The smallest absolute Gasteiger partial charge is 0.143 e. The monoisotopic (exact) mass is 637 g/mol. The Morgan fingerprint density at radius 1 is 0.340 bits per heavy atom. The highest BCUT2D eigenvalue weighted by molar-refractivity contribution is 6.15. The molecule has 0 unspecified atom stereocenters. The number of hydrogen-bond donors (Lipinski definition) is 0. The fraction of sp³-hybridized carbons (Fsp3) is 0. The summed E-state index contributed by atoms with van der Waals surface area (Å²) in [6.45, 7) is 0. The molecule has 0 N–H and O–H groups in total. The number of fused-ring (bicyclic) bond motifs is 7. The molecule has 9 aromatic carbocycles. The molecule has 1 aromatic heterocycles. The molecular weight excluding hydrogens is 607 g/mol. The summed E-state index contributed by atoms with van der Waals surface area (Å²) < 4.78 is 6.48. The number of para-hydroxylation sites is 2. The van der Waals surface area contributed by atoms with Crippen molar-refractivity contribution in [3.63, 3.8) is 0 Å². The molecule has 0 spiro atoms. The first kappa shape index (κ1) is 28.4. The van der Waals surface area contributed by atoms with Crippen molar-refractivity contribution in [1.29, 1.82) is 0 Å². The number of benzene rings is 9. The van der Waals surface area contributed by atoms with Crippen molar-refractivity contribution in [2.24, 2.45) is 0 Å². The number of anilines is 3. The Morgan fingerprint density at radius 2 is 0.960 bits per heavy atom. The third kappa shape index (κ3) is 4.65. The van der Waals surface area contributed by atoms with Gasteiger partial charge in [0, 0.05) is 32.8 Å². The van der Waals surface area contributed by atoms with Gasteiger partial charge in [0.05, 0.1) is 11.4 Å². The van der Waals surface area contributed by atoms with Gasteiger partial charge in [-0.25, -0.2) is 0 Å². The van der Waals surface area contributed by atoms with E-state index in [1.165, 1.54) is 32.7 Å². The van der Waals surface area contributed by atoms with Gasteiger partial charge in [-0.05, 0) is 86.8 Å². The fourth-order valence-corrected chi connectivity index (χ4v) is 7.57. The molecule has 2 nitrogen and oxygen atoms in total. The molecule has 0 atom stereocenters. The SMILES string of the molecule is c1ccc(N(c2ccc(-c3ccc4ccccc4c3)cc2)c2cccc3ccccc23)c(-c2ccc3ccc4c5ccccc5oc4c3c2)c1. The Labute approximate surface area is 290 Å². The van der Waals surface area contributed by atoms with Gasteiger partial charge in [0.25, 0.3) is 0 Å². The van der Waals surface area contributed by atoms with E-state index in [9.17, 15) is 0 Å². The minimum absolute atomic E-state index is 0.912. The van der Waals surface area contributed by atoms with Crippen LogP contribution in [-0.4, -0.2) is 0 Å². The maximum absolute atomic E-state index is 6.48. The van der Waals surface area contributed by atoms with Crippen molar-refractivity contribution in [2.75, 3.05) is 4.90 Å². The summed E-state index contributed by atoms with van der Waals surface area (Å²) in [5, 5.41) is 9.46. The molecule has 0 aliphatic heterocycles. The molecule has 0 fully saturated rings. The van der Waals surface area contributed by atoms with Crippen molar-refractivity contribution in [2.45, 2.75) is 0 Å². The number of furan rings is 1. The molecule has 1 heterocycles. The predicted molar refractivity (Wildman–Crippen MR) is 212 cm³/mol. The number of hydrogen-bond acceptors (Lipinski definition) is 2. The summed E-state index contributed by atoms with van der Waals surface area (Å²) >= 11 is 0. The van der Waals surface area contributed by atoms with Crippen molar-refractivity contribution in [1.82, 2.24) is 0 Å². The number of nitrogens with zero attached hydrogens (tertiary/aromatic N) is 1. The van der Waals surface area contributed by atoms with Gasteiger partial charge in [0.15, 0.2) is 0 Å². The Morgan fingerprint density at radius 3 is 1.86 bits per heavy atom. The van der Waals surface area contributed by atoms with Crippen LogP contribution in [0.5, 0.6) is 0 Å². The lowest BCUT2D eigenvalue weighted by Crippen LogP contribution is -2.11. The summed E-state index contributed by atoms with van der Waals surface area (Å²) in [6, 6.07) is 67.6. The summed E-state index contributed by atoms with van der Waals surface area (Å²) in [7, 11) is 0. The molecule has 0 saturated heterocycles. The summed E-state index contributed by atoms with van der Waals surface area (Å²) in [4.78, 5) is 2.41. The van der Waals surface area contributed by atoms with E-state index in [-0.39, 0.29) is 0 Å². The first-order valence-corrected chi connectivity index (χ1v) is 17.1. The van der Waals surface area contributed by atoms with Gasteiger partial charge >= 0.3 is 0 Å². The lowest BCUT2D eigenvalue weighted by atomic mass is 9.97. The zero-order chi connectivity index (χ0) is 33.0. The van der Waals surface area contributed by atoms with E-state index in [4.69, 9.17) is 4.42 Å². The van der Waals surface area contributed by atoms with E-state index in [0.29, 0.717) is 0 Å². The van der Waals surface area contributed by atoms with E-state index in [1.54, 1.807) is 0 Å². The molecule has 0 saturated carbocycles. The summed E-state index contributed by atoms with van der Waals surface area (Å²) in [5.74, 6) is 0. The third-order valence-electron chi connectivity index (χ3n) is 10.0. The van der Waals surface area contributed by atoms with Crippen LogP contribution in [0.15, 0.2) is 192 Å². The Balaban J connectivity index is 1.16. The Kier molecular flexibility index (Phi) is 6.53. The second-order valence-corrected chi connectivity index (χ2v) is 12.9. The van der Waals surface area contributed by atoms with Gasteiger partial charge in [-0.3, -0.25) is 0 Å². The molecule has 0 bridgehead atoms. The normalized spacial score (nSPS) is 11.6. The van der Waals surface area contributed by atoms with Gasteiger partial charge < -0.3 is 9.32 Å². The molecule has 234 valence electrons. The average molecular weight is 638 g/mol. The first-order chi connectivity index (χ1) is 24.8. The van der Waals surface area contributed by atoms with E-state index in [1.807, 2.05) is 12.1 Å². The highest BCUT2D eigenvalue weighted by atomic mass is 16.3. The van der Waals surface area contributed by atoms with Crippen LogP contribution in [0.2, 0.25) is 0 Å². The van der Waals surface area contributed by atoms with Crippen LogP contribution in [0, 0.1) is 0 Å². The van der Waals surface area contributed by atoms with Crippen LogP contribution in [-0.2, 0) is 0 Å². The van der Waals surface area contributed by atoms with Crippen LogP contribution in [0.3, 0.4) is 0 Å². The Bertz CT molecular complexity index is 2870. The Hall–Kier alpha value is -6.64. The van der Waals surface area contributed by atoms with E-state index >= 15 is 0 Å². The van der Waals surface area contributed by atoms with Gasteiger partial charge in [-0.2, -0.15) is 0 Å². The van der Waals surface area contributed by atoms with Gasteiger partial charge in [0.1, 0.15) is 11.2 Å². The summed E-state index contributed by atoms with van der Waals surface area (Å²) in [5.41, 5.74) is 9.86. The first-order valence-electron chi connectivity index (χ1n) is 17.1. The van der Waals surface area contributed by atoms with Gasteiger partial charge in [-0.15, -0.1) is 0 Å². The maximum Gasteiger partial charge on any atom is 0.143 e. The quantitative estimate of drug-likeness (QED) is 0.187. The molecule has 10 rings (SSSR count). The van der Waals surface area contributed by atoms with Crippen molar-refractivity contribution in [3.8, 4) is 22.3 Å². The molecular formula is C48H31NO. The molecule has 50 heavy (non-hydrogen) atoms. The lowest BCUT2D eigenvalue weighted by Gasteiger charge is -2.29. The van der Waals surface area contributed by atoms with Crippen LogP contribution in [0.4, 0.5) is 17.1 Å². The second kappa shape index (κ2) is 11.5. The molecule has 0 radical (unpaired) electrons. The maximum atomic E-state index is 6.48. The van der Waals surface area contributed by atoms with Crippen molar-refractivity contribution in [3.05, 3.63) is 188 Å². The van der Waals surface area contributed by atoms with Crippen LogP contribution in [0.25, 0.3) is 76.5 Å². The third-order valence-corrected chi connectivity index (χ3v) is 10.0. The van der Waals surface area contributed by atoms with Gasteiger partial charge in [-0.1, -0.05) is 140 Å². The lowest BCUT2D eigenvalue weighted by molar-refractivity contribution is 0.672. The zero-order valence-corrected chi connectivity index (χ0v) is 27.3. The molecule has 0 amide bonds. The standard InChI is InChI=1S/C48H31NO/c1-2-12-36-30-37(22-20-32(36)10-1)33-24-27-39(28-25-33)49(46-18-9-13-34-11-3-4-14-40(34)46)45-17-7-5-15-41(45)38-23-21-35-26-29-43-42-16-6-8-19-47(42)50-48(43)44(35)31-38/h1-31H. The molecule has 0 aliphatic rings. The van der Waals surface area contributed by atoms with Crippen LogP contribution >= 0.6 is 0 Å².